The minimum Gasteiger partial charge on any atom is -0.368 e. The minimum absolute atomic E-state index is 0.119. The summed E-state index contributed by atoms with van der Waals surface area (Å²) in [6.07, 6.45) is 2.77. The first kappa shape index (κ1) is 16.8. The van der Waals surface area contributed by atoms with E-state index in [2.05, 4.69) is 22.2 Å². The molecule has 4 nitrogen and oxygen atoms in total. The number of aromatic nitrogens is 2. The Labute approximate surface area is 140 Å². The zero-order chi connectivity index (χ0) is 17.3. The Balaban J connectivity index is 1.65. The van der Waals surface area contributed by atoms with Crippen LogP contribution in [0.25, 0.3) is 0 Å². The number of hydrogen-bond donors (Lipinski definition) is 1. The molecule has 2 heterocycles. The van der Waals surface area contributed by atoms with E-state index < -0.39 is 11.6 Å². The summed E-state index contributed by atoms with van der Waals surface area (Å²) in [5, 5.41) is 3.57. The van der Waals surface area contributed by atoms with Gasteiger partial charge in [-0.25, -0.2) is 18.7 Å². The molecular formula is C18H22F2N4. The van der Waals surface area contributed by atoms with Crippen molar-refractivity contribution in [2.24, 2.45) is 0 Å². The summed E-state index contributed by atoms with van der Waals surface area (Å²) in [5.41, 5.74) is 2.51. The fourth-order valence-electron chi connectivity index (χ4n) is 3.31. The highest BCUT2D eigenvalue weighted by atomic mass is 19.1. The average Bonchev–Trinajstić information content (AvgIpc) is 2.95. The number of nitrogens with one attached hydrogen (secondary N) is 1. The van der Waals surface area contributed by atoms with E-state index in [1.165, 1.54) is 12.1 Å². The number of nitrogens with zero attached hydrogens (tertiary/aromatic N) is 3. The van der Waals surface area contributed by atoms with Crippen LogP contribution in [0, 0.1) is 25.5 Å². The van der Waals surface area contributed by atoms with Crippen LogP contribution in [0.4, 0.5) is 14.5 Å². The van der Waals surface area contributed by atoms with Gasteiger partial charge in [-0.1, -0.05) is 0 Å². The van der Waals surface area contributed by atoms with Gasteiger partial charge in [-0.15, -0.1) is 0 Å². The molecule has 0 radical (unpaired) electrons. The van der Waals surface area contributed by atoms with Crippen LogP contribution in [0.3, 0.4) is 0 Å². The molecule has 2 aromatic rings. The molecule has 128 valence electrons. The maximum absolute atomic E-state index is 13.9. The number of halogens is 2. The van der Waals surface area contributed by atoms with Crippen LogP contribution in [-0.2, 0) is 0 Å². The Morgan fingerprint density at radius 1 is 1.29 bits per heavy atom. The molecule has 24 heavy (non-hydrogen) atoms. The monoisotopic (exact) mass is 332 g/mol. The van der Waals surface area contributed by atoms with Gasteiger partial charge < -0.3 is 10.2 Å². The van der Waals surface area contributed by atoms with Gasteiger partial charge in [0.05, 0.1) is 5.69 Å². The maximum Gasteiger partial charge on any atom is 0.149 e. The molecule has 0 spiro atoms. The number of benzene rings is 1. The number of aryl methyl sites for hydroxylation is 2. The largest absolute Gasteiger partial charge is 0.368 e. The van der Waals surface area contributed by atoms with Crippen molar-refractivity contribution in [3.05, 3.63) is 53.1 Å². The van der Waals surface area contributed by atoms with Crippen molar-refractivity contribution in [3.63, 3.8) is 0 Å². The molecule has 2 atom stereocenters. The molecule has 0 bridgehead atoms. The summed E-state index contributed by atoms with van der Waals surface area (Å²) in [6.45, 7) is 7.38. The van der Waals surface area contributed by atoms with Gasteiger partial charge in [-0.3, -0.25) is 0 Å². The molecule has 0 saturated carbocycles. The molecule has 0 unspecified atom stereocenters. The SMILES string of the molecule is Cc1ncc([C@@H](C)N[C@@H]2CCN(c3ccc(F)cc3F)C2)c(C)n1. The van der Waals surface area contributed by atoms with Crippen molar-refractivity contribution >= 4 is 5.69 Å². The standard InChI is InChI=1S/C18H22F2N4/c1-11-16(9-21-13(3)22-11)12(2)23-15-6-7-24(10-15)18-5-4-14(19)8-17(18)20/h4-5,8-9,12,15,23H,6-7,10H2,1-3H3/t12-,15-/m1/s1. The van der Waals surface area contributed by atoms with E-state index in [9.17, 15) is 8.78 Å². The maximum atomic E-state index is 13.9. The smallest absolute Gasteiger partial charge is 0.149 e. The molecule has 1 aromatic heterocycles. The van der Waals surface area contributed by atoms with Crippen molar-refractivity contribution in [1.29, 1.82) is 0 Å². The second-order valence-corrected chi connectivity index (χ2v) is 6.37. The van der Waals surface area contributed by atoms with Gasteiger partial charge in [0.25, 0.3) is 0 Å². The lowest BCUT2D eigenvalue weighted by Crippen LogP contribution is -2.35. The van der Waals surface area contributed by atoms with E-state index in [0.29, 0.717) is 12.2 Å². The van der Waals surface area contributed by atoms with Crippen LogP contribution in [0.1, 0.15) is 36.5 Å². The fraction of sp³-hybridized carbons (Fsp3) is 0.444. The summed E-state index contributed by atoms with van der Waals surface area (Å²) in [4.78, 5) is 10.6. The lowest BCUT2D eigenvalue weighted by Gasteiger charge is -2.22. The van der Waals surface area contributed by atoms with Crippen LogP contribution >= 0.6 is 0 Å². The van der Waals surface area contributed by atoms with Gasteiger partial charge in [0, 0.05) is 48.7 Å². The fourth-order valence-corrected chi connectivity index (χ4v) is 3.31. The van der Waals surface area contributed by atoms with Gasteiger partial charge in [-0.05, 0) is 39.3 Å². The molecule has 1 saturated heterocycles. The molecule has 1 fully saturated rings. The molecule has 0 aliphatic carbocycles. The third-order valence-electron chi connectivity index (χ3n) is 4.53. The predicted octanol–water partition coefficient (Wildman–Crippen LogP) is 3.30. The Morgan fingerprint density at radius 3 is 2.79 bits per heavy atom. The summed E-state index contributed by atoms with van der Waals surface area (Å²) in [6, 6.07) is 4.10. The summed E-state index contributed by atoms with van der Waals surface area (Å²) in [5.74, 6) is -0.289. The lowest BCUT2D eigenvalue weighted by molar-refractivity contribution is 0.477. The Kier molecular flexibility index (Phi) is 4.76. The zero-order valence-electron chi connectivity index (χ0n) is 14.2. The summed E-state index contributed by atoms with van der Waals surface area (Å²) >= 11 is 0. The first-order chi connectivity index (χ1) is 11.4. The third kappa shape index (κ3) is 3.53. The van der Waals surface area contributed by atoms with E-state index in [0.717, 1.165) is 36.1 Å². The van der Waals surface area contributed by atoms with Crippen molar-refractivity contribution in [2.75, 3.05) is 18.0 Å². The van der Waals surface area contributed by atoms with Crippen molar-refractivity contribution in [3.8, 4) is 0 Å². The van der Waals surface area contributed by atoms with Gasteiger partial charge in [0.1, 0.15) is 17.5 Å². The normalized spacial score (nSPS) is 18.9. The summed E-state index contributed by atoms with van der Waals surface area (Å²) in [7, 11) is 0. The first-order valence-electron chi connectivity index (χ1n) is 8.20. The quantitative estimate of drug-likeness (QED) is 0.933. The highest BCUT2D eigenvalue weighted by Crippen LogP contribution is 2.25. The van der Waals surface area contributed by atoms with E-state index in [1.807, 2.05) is 24.9 Å². The number of anilines is 1. The van der Waals surface area contributed by atoms with Crippen molar-refractivity contribution in [2.45, 2.75) is 39.3 Å². The molecule has 1 aliphatic rings. The lowest BCUT2D eigenvalue weighted by atomic mass is 10.1. The summed E-state index contributed by atoms with van der Waals surface area (Å²) < 4.78 is 27.0. The Bertz CT molecular complexity index is 735. The van der Waals surface area contributed by atoms with E-state index in [-0.39, 0.29) is 12.1 Å². The van der Waals surface area contributed by atoms with Gasteiger partial charge in [0.2, 0.25) is 0 Å². The van der Waals surface area contributed by atoms with Gasteiger partial charge >= 0.3 is 0 Å². The topological polar surface area (TPSA) is 41.1 Å². The van der Waals surface area contributed by atoms with Gasteiger partial charge in [-0.2, -0.15) is 0 Å². The highest BCUT2D eigenvalue weighted by Gasteiger charge is 2.26. The van der Waals surface area contributed by atoms with E-state index in [4.69, 9.17) is 0 Å². The zero-order valence-corrected chi connectivity index (χ0v) is 14.2. The molecule has 1 aliphatic heterocycles. The second-order valence-electron chi connectivity index (χ2n) is 6.37. The van der Waals surface area contributed by atoms with Gasteiger partial charge in [0.15, 0.2) is 0 Å². The Morgan fingerprint density at radius 2 is 2.08 bits per heavy atom. The first-order valence-corrected chi connectivity index (χ1v) is 8.20. The molecule has 1 aromatic carbocycles. The average molecular weight is 332 g/mol. The Hall–Kier alpha value is -2.08. The van der Waals surface area contributed by atoms with Crippen LogP contribution in [0.15, 0.2) is 24.4 Å². The molecular weight excluding hydrogens is 310 g/mol. The second kappa shape index (κ2) is 6.81. The van der Waals surface area contributed by atoms with Crippen LogP contribution in [0.2, 0.25) is 0 Å². The molecule has 0 amide bonds. The van der Waals surface area contributed by atoms with Crippen LogP contribution in [-0.4, -0.2) is 29.1 Å². The molecule has 6 heteroatoms. The molecule has 3 rings (SSSR count). The van der Waals surface area contributed by atoms with Crippen molar-refractivity contribution in [1.82, 2.24) is 15.3 Å². The predicted molar refractivity (Wildman–Crippen MR) is 90.0 cm³/mol. The minimum atomic E-state index is -0.548. The highest BCUT2D eigenvalue weighted by molar-refractivity contribution is 5.49. The molecule has 1 N–H and O–H groups in total. The number of rotatable bonds is 4. The van der Waals surface area contributed by atoms with Crippen molar-refractivity contribution < 1.29 is 8.78 Å². The van der Waals surface area contributed by atoms with Crippen LogP contribution in [0.5, 0.6) is 0 Å². The van der Waals surface area contributed by atoms with E-state index in [1.54, 1.807) is 0 Å². The van der Waals surface area contributed by atoms with E-state index >= 15 is 0 Å². The third-order valence-corrected chi connectivity index (χ3v) is 4.53. The van der Waals surface area contributed by atoms with Crippen LogP contribution < -0.4 is 10.2 Å². The number of hydrogen-bond acceptors (Lipinski definition) is 4.